The van der Waals surface area contributed by atoms with E-state index in [1.807, 2.05) is 6.07 Å². The summed E-state index contributed by atoms with van der Waals surface area (Å²) in [6, 6.07) is 5.22. The largest absolute Gasteiger partial charge is 0.506 e. The first-order chi connectivity index (χ1) is 6.79. The van der Waals surface area contributed by atoms with Crippen LogP contribution in [-0.2, 0) is 4.74 Å². The Morgan fingerprint density at radius 2 is 2.36 bits per heavy atom. The standard InChI is InChI=1S/C10H12ClNO2/c11-10-7(2-1-3-8(10)13)9-6-12-4-5-14-9/h1-3,9,12-13H,4-6H2. The Labute approximate surface area is 87.6 Å². The summed E-state index contributed by atoms with van der Waals surface area (Å²) in [7, 11) is 0. The van der Waals surface area contributed by atoms with Crippen molar-refractivity contribution in [3.8, 4) is 5.75 Å². The second kappa shape index (κ2) is 4.17. The third kappa shape index (κ3) is 1.85. The summed E-state index contributed by atoms with van der Waals surface area (Å²) in [5, 5.41) is 13.0. The van der Waals surface area contributed by atoms with Crippen molar-refractivity contribution in [2.24, 2.45) is 0 Å². The second-order valence-corrected chi connectivity index (χ2v) is 3.62. The van der Waals surface area contributed by atoms with Crippen LogP contribution in [0.1, 0.15) is 11.7 Å². The number of halogens is 1. The van der Waals surface area contributed by atoms with E-state index in [1.54, 1.807) is 12.1 Å². The van der Waals surface area contributed by atoms with E-state index in [0.29, 0.717) is 11.6 Å². The van der Waals surface area contributed by atoms with Gasteiger partial charge in [0.05, 0.1) is 17.7 Å². The van der Waals surface area contributed by atoms with E-state index in [1.165, 1.54) is 0 Å². The molecule has 0 bridgehead atoms. The van der Waals surface area contributed by atoms with Crippen molar-refractivity contribution >= 4 is 11.6 Å². The molecule has 3 nitrogen and oxygen atoms in total. The van der Waals surface area contributed by atoms with Gasteiger partial charge in [-0.3, -0.25) is 0 Å². The van der Waals surface area contributed by atoms with Crippen LogP contribution in [0.3, 0.4) is 0 Å². The van der Waals surface area contributed by atoms with Crippen LogP contribution in [0.15, 0.2) is 18.2 Å². The number of phenolic OH excluding ortho intramolecular Hbond substituents is 1. The third-order valence-electron chi connectivity index (χ3n) is 2.28. The van der Waals surface area contributed by atoms with Crippen LogP contribution < -0.4 is 5.32 Å². The van der Waals surface area contributed by atoms with E-state index in [9.17, 15) is 5.11 Å². The van der Waals surface area contributed by atoms with Crippen LogP contribution in [0.5, 0.6) is 5.75 Å². The monoisotopic (exact) mass is 213 g/mol. The van der Waals surface area contributed by atoms with Crippen LogP contribution in [0.4, 0.5) is 0 Å². The fourth-order valence-electron chi connectivity index (χ4n) is 1.55. The summed E-state index contributed by atoms with van der Waals surface area (Å²) in [6.07, 6.45) is -0.0525. The van der Waals surface area contributed by atoms with E-state index in [0.717, 1.165) is 18.7 Å². The Kier molecular flexibility index (Phi) is 2.91. The summed E-state index contributed by atoms with van der Waals surface area (Å²) in [6.45, 7) is 2.28. The van der Waals surface area contributed by atoms with Crippen LogP contribution >= 0.6 is 11.6 Å². The second-order valence-electron chi connectivity index (χ2n) is 3.24. The highest BCUT2D eigenvalue weighted by atomic mass is 35.5. The molecule has 0 saturated carbocycles. The van der Waals surface area contributed by atoms with E-state index in [2.05, 4.69) is 5.32 Å². The van der Waals surface area contributed by atoms with E-state index in [-0.39, 0.29) is 11.9 Å². The molecular weight excluding hydrogens is 202 g/mol. The maximum absolute atomic E-state index is 9.42. The molecule has 2 rings (SSSR count). The first-order valence-electron chi connectivity index (χ1n) is 4.59. The molecule has 1 aliphatic heterocycles. The number of benzene rings is 1. The molecule has 1 heterocycles. The Morgan fingerprint density at radius 3 is 3.07 bits per heavy atom. The lowest BCUT2D eigenvalue weighted by Gasteiger charge is -2.24. The van der Waals surface area contributed by atoms with E-state index in [4.69, 9.17) is 16.3 Å². The highest BCUT2D eigenvalue weighted by Crippen LogP contribution is 2.32. The molecule has 0 amide bonds. The molecule has 0 aliphatic carbocycles. The fraction of sp³-hybridized carbons (Fsp3) is 0.400. The molecule has 1 saturated heterocycles. The number of hydrogen-bond acceptors (Lipinski definition) is 3. The SMILES string of the molecule is Oc1cccc(C2CNCCO2)c1Cl. The van der Waals surface area contributed by atoms with Crippen molar-refractivity contribution in [2.75, 3.05) is 19.7 Å². The molecule has 1 aromatic rings. The topological polar surface area (TPSA) is 41.5 Å². The number of nitrogens with one attached hydrogen (secondary N) is 1. The minimum absolute atomic E-state index is 0.0525. The Balaban J connectivity index is 2.26. The van der Waals surface area contributed by atoms with Gasteiger partial charge in [-0.05, 0) is 6.07 Å². The lowest BCUT2D eigenvalue weighted by atomic mass is 10.1. The van der Waals surface area contributed by atoms with Gasteiger partial charge in [0.25, 0.3) is 0 Å². The number of aromatic hydroxyl groups is 1. The molecule has 0 spiro atoms. The molecule has 2 N–H and O–H groups in total. The molecule has 4 heteroatoms. The maximum Gasteiger partial charge on any atom is 0.134 e. The molecule has 1 atom stereocenters. The van der Waals surface area contributed by atoms with Gasteiger partial charge < -0.3 is 15.2 Å². The smallest absolute Gasteiger partial charge is 0.134 e. The average Bonchev–Trinajstić information content (AvgIpc) is 2.23. The molecule has 1 unspecified atom stereocenters. The third-order valence-corrected chi connectivity index (χ3v) is 2.69. The molecule has 1 fully saturated rings. The van der Waals surface area contributed by atoms with Gasteiger partial charge in [0.1, 0.15) is 5.75 Å². The Hall–Kier alpha value is -0.770. The zero-order valence-electron chi connectivity index (χ0n) is 7.66. The Bertz CT molecular complexity index is 324. The summed E-state index contributed by atoms with van der Waals surface area (Å²) in [4.78, 5) is 0. The molecule has 0 aromatic heterocycles. The van der Waals surface area contributed by atoms with Gasteiger partial charge in [0, 0.05) is 18.7 Å². The van der Waals surface area contributed by atoms with Crippen LogP contribution in [-0.4, -0.2) is 24.8 Å². The minimum Gasteiger partial charge on any atom is -0.506 e. The zero-order chi connectivity index (χ0) is 9.97. The summed E-state index contributed by atoms with van der Waals surface area (Å²) >= 11 is 5.97. The molecular formula is C10H12ClNO2. The van der Waals surface area contributed by atoms with Crippen molar-refractivity contribution in [1.82, 2.24) is 5.32 Å². The number of hydrogen-bond donors (Lipinski definition) is 2. The van der Waals surface area contributed by atoms with Crippen molar-refractivity contribution in [3.63, 3.8) is 0 Å². The Morgan fingerprint density at radius 1 is 1.50 bits per heavy atom. The van der Waals surface area contributed by atoms with Crippen molar-refractivity contribution in [1.29, 1.82) is 0 Å². The number of morpholine rings is 1. The maximum atomic E-state index is 9.42. The van der Waals surface area contributed by atoms with Gasteiger partial charge in [-0.25, -0.2) is 0 Å². The van der Waals surface area contributed by atoms with Gasteiger partial charge in [-0.15, -0.1) is 0 Å². The molecule has 1 aromatic carbocycles. The van der Waals surface area contributed by atoms with Crippen LogP contribution in [0, 0.1) is 0 Å². The molecule has 14 heavy (non-hydrogen) atoms. The van der Waals surface area contributed by atoms with Gasteiger partial charge in [-0.1, -0.05) is 23.7 Å². The lowest BCUT2D eigenvalue weighted by Crippen LogP contribution is -2.33. The van der Waals surface area contributed by atoms with Crippen molar-refractivity contribution in [2.45, 2.75) is 6.10 Å². The average molecular weight is 214 g/mol. The van der Waals surface area contributed by atoms with E-state index >= 15 is 0 Å². The zero-order valence-corrected chi connectivity index (χ0v) is 8.42. The fourth-order valence-corrected chi connectivity index (χ4v) is 1.80. The van der Waals surface area contributed by atoms with Gasteiger partial charge >= 0.3 is 0 Å². The van der Waals surface area contributed by atoms with Crippen LogP contribution in [0.2, 0.25) is 5.02 Å². The number of phenols is 1. The first kappa shape index (κ1) is 9.77. The summed E-state index contributed by atoms with van der Waals surface area (Å²) in [5.41, 5.74) is 0.846. The predicted molar refractivity (Wildman–Crippen MR) is 54.7 cm³/mol. The van der Waals surface area contributed by atoms with Crippen molar-refractivity contribution in [3.05, 3.63) is 28.8 Å². The lowest BCUT2D eigenvalue weighted by molar-refractivity contribution is 0.0276. The van der Waals surface area contributed by atoms with Crippen LogP contribution in [0.25, 0.3) is 0 Å². The van der Waals surface area contributed by atoms with E-state index < -0.39 is 0 Å². The van der Waals surface area contributed by atoms with Gasteiger partial charge in [-0.2, -0.15) is 0 Å². The predicted octanol–water partition coefficient (Wildman–Crippen LogP) is 1.71. The molecule has 76 valence electrons. The molecule has 1 aliphatic rings. The molecule has 0 radical (unpaired) electrons. The van der Waals surface area contributed by atoms with Gasteiger partial charge in [0.15, 0.2) is 0 Å². The van der Waals surface area contributed by atoms with Crippen molar-refractivity contribution < 1.29 is 9.84 Å². The van der Waals surface area contributed by atoms with Gasteiger partial charge in [0.2, 0.25) is 0 Å². The highest BCUT2D eigenvalue weighted by Gasteiger charge is 2.19. The number of ether oxygens (including phenoxy) is 1. The summed E-state index contributed by atoms with van der Waals surface area (Å²) < 4.78 is 5.54. The normalized spacial score (nSPS) is 22.2. The summed E-state index contributed by atoms with van der Waals surface area (Å²) in [5.74, 6) is 0.110. The number of rotatable bonds is 1. The minimum atomic E-state index is -0.0525. The quantitative estimate of drug-likeness (QED) is 0.746. The highest BCUT2D eigenvalue weighted by molar-refractivity contribution is 6.32. The first-order valence-corrected chi connectivity index (χ1v) is 4.96.